The Bertz CT molecular complexity index is 1500. The van der Waals surface area contributed by atoms with Crippen LogP contribution in [0.25, 0.3) is 21.0 Å². The van der Waals surface area contributed by atoms with Crippen LogP contribution in [0.5, 0.6) is 0 Å². The smallest absolute Gasteiger partial charge is 0.319 e. The van der Waals surface area contributed by atoms with E-state index in [0.717, 1.165) is 25.9 Å². The Morgan fingerprint density at radius 1 is 1.06 bits per heavy atom. The molecule has 8 nitrogen and oxygen atoms in total. The van der Waals surface area contributed by atoms with Crippen molar-refractivity contribution in [1.82, 2.24) is 20.2 Å². The number of carbonyl (C=O) groups is 3. The van der Waals surface area contributed by atoms with Gasteiger partial charge in [-0.3, -0.25) is 14.5 Å². The molecule has 1 fully saturated rings. The van der Waals surface area contributed by atoms with E-state index in [9.17, 15) is 14.4 Å². The molecule has 4 aromatic rings. The number of imide groups is 1. The summed E-state index contributed by atoms with van der Waals surface area (Å²) >= 11 is 1.43. The lowest BCUT2D eigenvalue weighted by Crippen LogP contribution is -2.42. The van der Waals surface area contributed by atoms with Crippen LogP contribution in [-0.2, 0) is 22.2 Å². The molecule has 2 heterocycles. The van der Waals surface area contributed by atoms with Crippen molar-refractivity contribution in [3.8, 4) is 0 Å². The summed E-state index contributed by atoms with van der Waals surface area (Å²) < 4.78 is 2.90. The van der Waals surface area contributed by atoms with Gasteiger partial charge >= 0.3 is 6.03 Å². The number of aryl methyl sites for hydroxylation is 1. The van der Waals surface area contributed by atoms with Crippen LogP contribution in [0.2, 0.25) is 0 Å². The molecule has 1 aromatic heterocycles. The Morgan fingerprint density at radius 3 is 2.58 bits per heavy atom. The number of benzene rings is 3. The number of carbonyl (C=O) groups excluding carboxylic acids is 3. The van der Waals surface area contributed by atoms with Crippen molar-refractivity contribution in [3.05, 3.63) is 77.1 Å². The van der Waals surface area contributed by atoms with E-state index in [0.29, 0.717) is 10.4 Å². The maximum Gasteiger partial charge on any atom is 0.325 e. The number of rotatable bonds is 4. The van der Waals surface area contributed by atoms with Gasteiger partial charge in [-0.2, -0.15) is 0 Å². The SMILES string of the molecule is Cn1/c(=N/NC(=O)CN2C(=O)NC(C)(c3ccc4ccccc4c3)C2=O)sc2ccccc21. The molecule has 166 valence electrons. The van der Waals surface area contributed by atoms with Crippen LogP contribution in [-0.4, -0.2) is 33.9 Å². The van der Waals surface area contributed by atoms with Gasteiger partial charge in [0.25, 0.3) is 11.8 Å². The Kier molecular flexibility index (Phi) is 4.98. The Labute approximate surface area is 193 Å². The zero-order valence-electron chi connectivity index (χ0n) is 18.0. The fourth-order valence-corrected chi connectivity index (χ4v) is 4.99. The van der Waals surface area contributed by atoms with Crippen molar-refractivity contribution in [2.75, 3.05) is 6.54 Å². The lowest BCUT2D eigenvalue weighted by atomic mass is 9.90. The van der Waals surface area contributed by atoms with E-state index in [1.165, 1.54) is 11.3 Å². The Morgan fingerprint density at radius 2 is 1.79 bits per heavy atom. The summed E-state index contributed by atoms with van der Waals surface area (Å²) in [5.74, 6) is -1.04. The summed E-state index contributed by atoms with van der Waals surface area (Å²) in [6.45, 7) is 1.22. The molecule has 5 rings (SSSR count). The second-order valence-corrected chi connectivity index (χ2v) is 9.08. The molecule has 1 aliphatic rings. The molecule has 0 radical (unpaired) electrons. The first-order valence-electron chi connectivity index (χ1n) is 10.4. The second kappa shape index (κ2) is 7.86. The number of hydrogen-bond donors (Lipinski definition) is 2. The second-order valence-electron chi connectivity index (χ2n) is 8.07. The highest BCUT2D eigenvalue weighted by molar-refractivity contribution is 7.16. The van der Waals surface area contributed by atoms with Crippen molar-refractivity contribution in [2.24, 2.45) is 12.1 Å². The van der Waals surface area contributed by atoms with Crippen LogP contribution < -0.4 is 15.5 Å². The quantitative estimate of drug-likeness (QED) is 0.363. The molecule has 1 unspecified atom stereocenters. The zero-order chi connectivity index (χ0) is 23.2. The van der Waals surface area contributed by atoms with Gasteiger partial charge in [0.2, 0.25) is 4.80 Å². The van der Waals surface area contributed by atoms with E-state index < -0.39 is 29.9 Å². The van der Waals surface area contributed by atoms with Gasteiger partial charge in [0.1, 0.15) is 12.1 Å². The number of hydrogen-bond acceptors (Lipinski definition) is 5. The van der Waals surface area contributed by atoms with Crippen molar-refractivity contribution < 1.29 is 14.4 Å². The van der Waals surface area contributed by atoms with Crippen LogP contribution in [0.4, 0.5) is 4.79 Å². The van der Waals surface area contributed by atoms with E-state index in [1.807, 2.05) is 78.3 Å². The van der Waals surface area contributed by atoms with Crippen molar-refractivity contribution >= 4 is 50.2 Å². The van der Waals surface area contributed by atoms with Gasteiger partial charge in [-0.15, -0.1) is 5.10 Å². The summed E-state index contributed by atoms with van der Waals surface area (Å²) in [7, 11) is 1.86. The van der Waals surface area contributed by atoms with Crippen molar-refractivity contribution in [3.63, 3.8) is 0 Å². The largest absolute Gasteiger partial charge is 0.325 e. The first-order chi connectivity index (χ1) is 15.9. The third-order valence-electron chi connectivity index (χ3n) is 5.89. The van der Waals surface area contributed by atoms with Gasteiger partial charge in [0, 0.05) is 7.05 Å². The van der Waals surface area contributed by atoms with Crippen LogP contribution in [0.3, 0.4) is 0 Å². The standard InChI is InChI=1S/C24H21N5O3S/c1-24(17-12-11-15-7-3-4-8-16(15)13-17)21(31)29(22(32)25-24)14-20(30)26-27-23-28(2)18-9-5-6-10-19(18)33-23/h3-13H,14H2,1-2H3,(H,25,32)(H,26,30)/b27-23-. The molecular weight excluding hydrogens is 438 g/mol. The van der Waals surface area contributed by atoms with Crippen LogP contribution in [0.1, 0.15) is 12.5 Å². The minimum Gasteiger partial charge on any atom is -0.319 e. The van der Waals surface area contributed by atoms with Crippen LogP contribution in [0, 0.1) is 0 Å². The fraction of sp³-hybridized carbons (Fsp3) is 0.167. The monoisotopic (exact) mass is 459 g/mol. The minimum absolute atomic E-state index is 0.425. The minimum atomic E-state index is -1.25. The molecule has 33 heavy (non-hydrogen) atoms. The molecule has 4 amide bonds. The molecule has 0 saturated carbocycles. The topological polar surface area (TPSA) is 95.8 Å². The van der Waals surface area contributed by atoms with Crippen molar-refractivity contribution in [2.45, 2.75) is 12.5 Å². The Balaban J connectivity index is 1.35. The molecule has 2 N–H and O–H groups in total. The van der Waals surface area contributed by atoms with Gasteiger partial charge in [-0.1, -0.05) is 59.9 Å². The maximum absolute atomic E-state index is 13.2. The van der Waals surface area contributed by atoms with E-state index in [2.05, 4.69) is 15.8 Å². The van der Waals surface area contributed by atoms with E-state index in [4.69, 9.17) is 0 Å². The molecule has 0 bridgehead atoms. The molecule has 1 atom stereocenters. The number of nitrogens with one attached hydrogen (secondary N) is 2. The number of aromatic nitrogens is 1. The fourth-order valence-electron chi connectivity index (χ4n) is 4.01. The molecule has 0 aliphatic carbocycles. The number of amides is 4. The number of thiazole rings is 1. The first kappa shape index (κ1) is 20.9. The molecule has 1 aliphatic heterocycles. The number of fused-ring (bicyclic) bond motifs is 2. The summed E-state index contributed by atoms with van der Waals surface area (Å²) in [6.07, 6.45) is 0. The highest BCUT2D eigenvalue weighted by Gasteiger charge is 2.49. The molecule has 9 heteroatoms. The predicted octanol–water partition coefficient (Wildman–Crippen LogP) is 2.79. The molecule has 3 aromatic carbocycles. The number of nitrogens with zero attached hydrogens (tertiary/aromatic N) is 3. The van der Waals surface area contributed by atoms with E-state index in [1.54, 1.807) is 6.92 Å². The average molecular weight is 460 g/mol. The number of urea groups is 1. The van der Waals surface area contributed by atoms with Gasteiger partial charge in [0.05, 0.1) is 10.2 Å². The zero-order valence-corrected chi connectivity index (χ0v) is 18.8. The lowest BCUT2D eigenvalue weighted by molar-refractivity contribution is -0.134. The summed E-state index contributed by atoms with van der Waals surface area (Å²) in [6, 6.07) is 20.6. The summed E-state index contributed by atoms with van der Waals surface area (Å²) in [4.78, 5) is 39.8. The highest BCUT2D eigenvalue weighted by Crippen LogP contribution is 2.30. The van der Waals surface area contributed by atoms with Crippen LogP contribution in [0.15, 0.2) is 71.8 Å². The predicted molar refractivity (Wildman–Crippen MR) is 126 cm³/mol. The van der Waals surface area contributed by atoms with Gasteiger partial charge in [-0.25, -0.2) is 10.2 Å². The lowest BCUT2D eigenvalue weighted by Gasteiger charge is -2.22. The summed E-state index contributed by atoms with van der Waals surface area (Å²) in [5, 5.41) is 8.92. The first-order valence-corrected chi connectivity index (χ1v) is 11.2. The molecular formula is C24H21N5O3S. The van der Waals surface area contributed by atoms with Gasteiger partial charge in [0.15, 0.2) is 0 Å². The van der Waals surface area contributed by atoms with Gasteiger partial charge in [-0.05, 0) is 41.5 Å². The Hall–Kier alpha value is -3.98. The highest BCUT2D eigenvalue weighted by atomic mass is 32.1. The van der Waals surface area contributed by atoms with E-state index in [-0.39, 0.29) is 0 Å². The van der Waals surface area contributed by atoms with Gasteiger partial charge < -0.3 is 9.88 Å². The number of para-hydroxylation sites is 1. The summed E-state index contributed by atoms with van der Waals surface area (Å²) in [5.41, 5.74) is 2.86. The molecule has 1 saturated heterocycles. The van der Waals surface area contributed by atoms with Crippen LogP contribution >= 0.6 is 11.3 Å². The third kappa shape index (κ3) is 3.56. The molecule has 0 spiro atoms. The maximum atomic E-state index is 13.2. The average Bonchev–Trinajstić information content (AvgIpc) is 3.26. The van der Waals surface area contributed by atoms with E-state index >= 15 is 0 Å². The third-order valence-corrected chi connectivity index (χ3v) is 7.01. The normalized spacial score (nSPS) is 18.8. The van der Waals surface area contributed by atoms with Crippen molar-refractivity contribution in [1.29, 1.82) is 0 Å².